The predicted molar refractivity (Wildman–Crippen MR) is 469 cm³/mol. The van der Waals surface area contributed by atoms with Gasteiger partial charge < -0.3 is 38.4 Å². The van der Waals surface area contributed by atoms with Crippen molar-refractivity contribution >= 4 is 124 Å². The van der Waals surface area contributed by atoms with Crippen LogP contribution in [-0.2, 0) is 91.1 Å². The normalized spacial score (nSPS) is 10.9. The average Bonchev–Trinajstić information content (AvgIpc) is 0.843. The Bertz CT molecular complexity index is 4970. The summed E-state index contributed by atoms with van der Waals surface area (Å²) in [4.78, 5) is 40.5. The molecule has 10 aromatic rings. The van der Waals surface area contributed by atoms with E-state index in [-0.39, 0.29) is 29.2 Å². The topological polar surface area (TPSA) is 182 Å². The Kier molecular flexibility index (Phi) is 38.0. The summed E-state index contributed by atoms with van der Waals surface area (Å²) in [6.07, 6.45) is 0.974. The molecular formula is C89H102Cl5N5O12S2. The Hall–Kier alpha value is -8.64. The summed E-state index contributed by atoms with van der Waals surface area (Å²) in [6, 6.07) is 67.4. The number of methoxy groups -OCH3 is 5. The van der Waals surface area contributed by atoms with Gasteiger partial charge in [-0.05, 0) is 232 Å². The lowest BCUT2D eigenvalue weighted by molar-refractivity contribution is -0.118. The van der Waals surface area contributed by atoms with E-state index in [1.54, 1.807) is 98.2 Å². The molecule has 602 valence electrons. The van der Waals surface area contributed by atoms with E-state index in [0.717, 1.165) is 101 Å². The van der Waals surface area contributed by atoms with Crippen molar-refractivity contribution in [2.45, 2.75) is 94.3 Å². The van der Waals surface area contributed by atoms with Gasteiger partial charge in [-0.2, -0.15) is 0 Å². The highest BCUT2D eigenvalue weighted by atomic mass is 35.5. The molecule has 0 radical (unpaired) electrons. The first-order chi connectivity index (χ1) is 54.0. The van der Waals surface area contributed by atoms with Crippen molar-refractivity contribution < 1.29 is 54.9 Å². The maximum atomic E-state index is 12.3. The van der Waals surface area contributed by atoms with Gasteiger partial charge in [-0.15, -0.1) is 0 Å². The number of amides is 3. The summed E-state index contributed by atoms with van der Waals surface area (Å²) in [5.41, 5.74) is 19.4. The molecule has 0 aliphatic rings. The van der Waals surface area contributed by atoms with E-state index in [0.29, 0.717) is 95.5 Å². The fraction of sp³-hybridized carbons (Fsp3) is 0.292. The second-order valence-corrected chi connectivity index (χ2v) is 32.4. The van der Waals surface area contributed by atoms with Crippen molar-refractivity contribution in [1.82, 2.24) is 0 Å². The summed E-state index contributed by atoms with van der Waals surface area (Å²) < 4.78 is 77.9. The van der Waals surface area contributed by atoms with E-state index in [4.69, 9.17) is 81.7 Å². The zero-order chi connectivity index (χ0) is 83.1. The Morgan fingerprint density at radius 3 is 0.841 bits per heavy atom. The minimum absolute atomic E-state index is 0.00221. The highest BCUT2D eigenvalue weighted by molar-refractivity contribution is 7.93. The van der Waals surface area contributed by atoms with E-state index >= 15 is 0 Å². The van der Waals surface area contributed by atoms with Crippen molar-refractivity contribution in [2.75, 3.05) is 105 Å². The number of sulfonamides is 2. The molecule has 10 aromatic carbocycles. The molecule has 0 saturated carbocycles. The lowest BCUT2D eigenvalue weighted by Crippen LogP contribution is -2.32. The first kappa shape index (κ1) is 93.2. The standard InChI is InChI=1S/C19H22ClNO2.C18H22ClNO3S.C18H20ClNO2.C17H20ClNO3S.C17H18ClNO2/c1-4-19(22)21(5-2)17-10-11-18(15(12-17)13-23-3)14-6-8-16(20)9-7-14;1-4-20(24(21,22)5-2)17-10-11-18(15(12-17)13-23-3)14-6-8-16(19)9-7-14;1-4-18(21)20(2)16-9-10-17(14(11-16)12-22-3)13-5-7-15(19)8-6-13;1-4-23(20,21)19(2)16-9-10-17(14(11-16)12-22-3)13-5-7-15(18)8-6-13;1-12(20)19(2)16-8-9-17(14(10-16)11-21-3)13-4-6-15(18)7-5-13/h6-12H,4-5,13H2,1-3H3;6-12H,4-5,13H2,1-3H3;5-11H,4,12H2,1-3H3;5-11H,4,12H2,1-3H3;4-10H,11H2,1-3H3. The van der Waals surface area contributed by atoms with E-state index in [1.165, 1.54) is 8.61 Å². The zero-order valence-corrected chi connectivity index (χ0v) is 72.2. The van der Waals surface area contributed by atoms with Crippen LogP contribution in [0.3, 0.4) is 0 Å². The Balaban J connectivity index is 0.000000220. The zero-order valence-electron chi connectivity index (χ0n) is 66.8. The van der Waals surface area contributed by atoms with Crippen molar-refractivity contribution in [1.29, 1.82) is 0 Å². The summed E-state index contributed by atoms with van der Waals surface area (Å²) in [5, 5.41) is 3.48. The van der Waals surface area contributed by atoms with Gasteiger partial charge in [0.15, 0.2) is 0 Å². The predicted octanol–water partition coefficient (Wildman–Crippen LogP) is 21.8. The number of hydrogen-bond donors (Lipinski definition) is 0. The molecular weight excluding hydrogens is 1570 g/mol. The molecule has 17 nitrogen and oxygen atoms in total. The van der Waals surface area contributed by atoms with Crippen LogP contribution in [0, 0.1) is 0 Å². The van der Waals surface area contributed by atoms with Crippen LogP contribution in [0.15, 0.2) is 212 Å². The summed E-state index contributed by atoms with van der Waals surface area (Å²) in [7, 11) is 6.76. The lowest BCUT2D eigenvalue weighted by Gasteiger charge is -2.23. The molecule has 24 heteroatoms. The second kappa shape index (κ2) is 46.0. The van der Waals surface area contributed by atoms with Crippen LogP contribution in [0.5, 0.6) is 0 Å². The van der Waals surface area contributed by atoms with Gasteiger partial charge in [0.25, 0.3) is 0 Å². The largest absolute Gasteiger partial charge is 0.380 e. The smallest absolute Gasteiger partial charge is 0.234 e. The Labute approximate surface area is 693 Å². The molecule has 0 N–H and O–H groups in total. The molecule has 113 heavy (non-hydrogen) atoms. The summed E-state index contributed by atoms with van der Waals surface area (Å²) >= 11 is 29.7. The SMILES string of the molecule is CCC(=O)N(C)c1ccc(-c2ccc(Cl)cc2)c(COC)c1.CCC(=O)N(CC)c1ccc(-c2ccc(Cl)cc2)c(COC)c1.CCN(c1ccc(-c2ccc(Cl)cc2)c(COC)c1)S(=O)(=O)CC.CCS(=O)(=O)N(C)c1ccc(-c2ccc(Cl)cc2)c(COC)c1.COCc1cc(N(C)C(C)=O)ccc1-c1ccc(Cl)cc1. The second-order valence-electron chi connectivity index (χ2n) is 25.7. The number of carbonyl (C=O) groups excluding carboxylic acids is 3. The molecule has 10 rings (SSSR count). The number of benzene rings is 10. The first-order valence-corrected chi connectivity index (χ1v) is 41.8. The quantitative estimate of drug-likeness (QED) is 0.0453. The summed E-state index contributed by atoms with van der Waals surface area (Å²) in [5.74, 6) is 0.330. The van der Waals surface area contributed by atoms with Crippen molar-refractivity contribution in [3.63, 3.8) is 0 Å². The van der Waals surface area contributed by atoms with Crippen molar-refractivity contribution in [3.05, 3.63) is 265 Å². The Morgan fingerprint density at radius 2 is 0.575 bits per heavy atom. The monoisotopic (exact) mass is 1670 g/mol. The van der Waals surface area contributed by atoms with Crippen LogP contribution in [0.1, 0.15) is 89.1 Å². The minimum atomic E-state index is -3.30. The van der Waals surface area contributed by atoms with Crippen LogP contribution < -0.4 is 23.3 Å². The van der Waals surface area contributed by atoms with Gasteiger partial charge in [-0.3, -0.25) is 23.0 Å². The van der Waals surface area contributed by atoms with Gasteiger partial charge in [0.1, 0.15) is 0 Å². The maximum absolute atomic E-state index is 12.3. The van der Waals surface area contributed by atoms with Crippen molar-refractivity contribution in [3.8, 4) is 55.6 Å². The van der Waals surface area contributed by atoms with Crippen LogP contribution in [0.2, 0.25) is 25.1 Å². The van der Waals surface area contributed by atoms with Gasteiger partial charge in [0.05, 0.1) is 55.9 Å². The van der Waals surface area contributed by atoms with Crippen LogP contribution >= 0.6 is 58.0 Å². The summed E-state index contributed by atoms with van der Waals surface area (Å²) in [6.45, 7) is 15.7. The number of halogens is 5. The van der Waals surface area contributed by atoms with E-state index in [9.17, 15) is 31.2 Å². The van der Waals surface area contributed by atoms with Gasteiger partial charge in [0, 0.05) is 132 Å². The third-order valence-corrected chi connectivity index (χ3v) is 23.2. The molecule has 0 spiro atoms. The van der Waals surface area contributed by atoms with Gasteiger partial charge in [-0.25, -0.2) is 16.8 Å². The van der Waals surface area contributed by atoms with E-state index in [1.807, 2.05) is 234 Å². The highest BCUT2D eigenvalue weighted by Gasteiger charge is 2.23. The average molecular weight is 1680 g/mol. The number of carbonyl (C=O) groups is 3. The van der Waals surface area contributed by atoms with Gasteiger partial charge in [0.2, 0.25) is 37.8 Å². The molecule has 0 unspecified atom stereocenters. The molecule has 0 aliphatic heterocycles. The molecule has 0 aromatic heterocycles. The fourth-order valence-electron chi connectivity index (χ4n) is 12.1. The number of ether oxygens (including phenoxy) is 5. The number of hydrogen-bond acceptors (Lipinski definition) is 12. The van der Waals surface area contributed by atoms with Gasteiger partial charge >= 0.3 is 0 Å². The molecule has 0 heterocycles. The van der Waals surface area contributed by atoms with Gasteiger partial charge in [-0.1, -0.05) is 163 Å². The third kappa shape index (κ3) is 26.7. The number of anilines is 5. The molecule has 0 saturated heterocycles. The number of nitrogens with zero attached hydrogens (tertiary/aromatic N) is 5. The van der Waals surface area contributed by atoms with E-state index in [2.05, 4.69) is 0 Å². The molecule has 0 bridgehead atoms. The first-order valence-electron chi connectivity index (χ1n) is 36.7. The molecule has 0 atom stereocenters. The molecule has 3 amide bonds. The van der Waals surface area contributed by atoms with Crippen LogP contribution in [0.25, 0.3) is 55.6 Å². The van der Waals surface area contributed by atoms with Crippen LogP contribution in [-0.4, -0.2) is 116 Å². The number of rotatable bonds is 28. The minimum Gasteiger partial charge on any atom is -0.380 e. The molecule has 0 aliphatic carbocycles. The molecule has 0 fully saturated rings. The van der Waals surface area contributed by atoms with Crippen molar-refractivity contribution in [2.24, 2.45) is 0 Å². The lowest BCUT2D eigenvalue weighted by atomic mass is 9.99. The fourth-order valence-corrected chi connectivity index (χ4v) is 14.7. The Morgan fingerprint density at radius 1 is 0.319 bits per heavy atom. The van der Waals surface area contributed by atoms with E-state index < -0.39 is 20.0 Å². The van der Waals surface area contributed by atoms with Crippen LogP contribution in [0.4, 0.5) is 28.4 Å². The third-order valence-electron chi connectivity index (χ3n) is 18.3. The highest BCUT2D eigenvalue weighted by Crippen LogP contribution is 2.36. The maximum Gasteiger partial charge on any atom is 0.234 e.